The molecule has 2 aromatic rings. The zero-order valence-corrected chi connectivity index (χ0v) is 13.8. The summed E-state index contributed by atoms with van der Waals surface area (Å²) in [4.78, 5) is 0. The van der Waals surface area contributed by atoms with Gasteiger partial charge in [-0.25, -0.2) is 0 Å². The molecule has 1 nitrogen and oxygen atoms in total. The molecule has 1 atom stereocenters. The molecular weight excluding hydrogens is 278 g/mol. The van der Waals surface area contributed by atoms with Gasteiger partial charge >= 0.3 is 0 Å². The average molecular weight is 302 g/mol. The zero-order chi connectivity index (χ0) is 15.2. The number of hydrogen-bond acceptors (Lipinski definition) is 1. The molecular formula is C19H24ClN. The molecule has 0 heterocycles. The van der Waals surface area contributed by atoms with Gasteiger partial charge in [0.25, 0.3) is 0 Å². The summed E-state index contributed by atoms with van der Waals surface area (Å²) in [6.45, 7) is 7.57. The average Bonchev–Trinajstić information content (AvgIpc) is 2.44. The van der Waals surface area contributed by atoms with Gasteiger partial charge in [0.2, 0.25) is 0 Å². The number of benzene rings is 2. The predicted molar refractivity (Wildman–Crippen MR) is 92.0 cm³/mol. The van der Waals surface area contributed by atoms with Crippen molar-refractivity contribution in [2.75, 3.05) is 6.54 Å². The Kier molecular flexibility index (Phi) is 5.84. The fraction of sp³-hybridized carbons (Fsp3) is 0.368. The molecule has 2 aromatic carbocycles. The van der Waals surface area contributed by atoms with Crippen LogP contribution in [-0.2, 0) is 6.42 Å². The fourth-order valence-corrected chi connectivity index (χ4v) is 2.89. The minimum absolute atomic E-state index is 0.195. The summed E-state index contributed by atoms with van der Waals surface area (Å²) >= 11 is 6.15. The number of halogens is 1. The Bertz CT molecular complexity index is 577. The van der Waals surface area contributed by atoms with Gasteiger partial charge in [-0.3, -0.25) is 0 Å². The van der Waals surface area contributed by atoms with E-state index in [1.54, 1.807) is 0 Å². The summed E-state index contributed by atoms with van der Waals surface area (Å²) in [5.74, 6) is 0.670. The number of rotatable bonds is 6. The van der Waals surface area contributed by atoms with E-state index in [1.807, 2.05) is 18.2 Å². The minimum Gasteiger partial charge on any atom is -0.307 e. The van der Waals surface area contributed by atoms with Gasteiger partial charge in [-0.05, 0) is 47.7 Å². The van der Waals surface area contributed by atoms with E-state index in [-0.39, 0.29) is 6.04 Å². The first kappa shape index (κ1) is 16.1. The van der Waals surface area contributed by atoms with Crippen molar-refractivity contribution in [1.29, 1.82) is 0 Å². The van der Waals surface area contributed by atoms with Gasteiger partial charge in [0.15, 0.2) is 0 Å². The van der Waals surface area contributed by atoms with Crippen LogP contribution in [0.15, 0.2) is 48.5 Å². The maximum atomic E-state index is 6.15. The molecule has 0 aliphatic carbocycles. The highest BCUT2D eigenvalue weighted by Gasteiger charge is 2.13. The first-order valence-corrected chi connectivity index (χ1v) is 8.05. The minimum atomic E-state index is 0.195. The third-order valence-corrected chi connectivity index (χ3v) is 3.75. The zero-order valence-electron chi connectivity index (χ0n) is 13.1. The van der Waals surface area contributed by atoms with E-state index < -0.39 is 0 Å². The highest BCUT2D eigenvalue weighted by atomic mass is 35.5. The molecule has 112 valence electrons. The van der Waals surface area contributed by atoms with E-state index in [1.165, 1.54) is 16.7 Å². The largest absolute Gasteiger partial charge is 0.307 e. The van der Waals surface area contributed by atoms with Crippen LogP contribution in [0.5, 0.6) is 0 Å². The molecule has 0 amide bonds. The van der Waals surface area contributed by atoms with E-state index >= 15 is 0 Å². The second kappa shape index (κ2) is 7.63. The standard InChI is InChI=1S/C19H24ClN/c1-4-21-19(17-9-6-10-18(20)13-17)16-8-5-7-15(12-16)11-14(2)3/h5-10,12-14,19,21H,4,11H2,1-3H3. The lowest BCUT2D eigenvalue weighted by atomic mass is 9.94. The Labute approximate surface area is 133 Å². The molecule has 21 heavy (non-hydrogen) atoms. The van der Waals surface area contributed by atoms with Crippen molar-refractivity contribution in [3.63, 3.8) is 0 Å². The molecule has 0 saturated heterocycles. The van der Waals surface area contributed by atoms with Crippen molar-refractivity contribution in [2.45, 2.75) is 33.2 Å². The van der Waals surface area contributed by atoms with E-state index in [9.17, 15) is 0 Å². The maximum absolute atomic E-state index is 6.15. The van der Waals surface area contributed by atoms with Crippen molar-refractivity contribution in [2.24, 2.45) is 5.92 Å². The lowest BCUT2D eigenvalue weighted by Crippen LogP contribution is -2.22. The first-order chi connectivity index (χ1) is 10.1. The lowest BCUT2D eigenvalue weighted by molar-refractivity contribution is 0.623. The lowest BCUT2D eigenvalue weighted by Gasteiger charge is -2.20. The van der Waals surface area contributed by atoms with Crippen LogP contribution >= 0.6 is 11.6 Å². The Hall–Kier alpha value is -1.31. The molecule has 0 aromatic heterocycles. The SMILES string of the molecule is CCNC(c1cccc(Cl)c1)c1cccc(CC(C)C)c1. The molecule has 0 radical (unpaired) electrons. The molecule has 2 rings (SSSR count). The topological polar surface area (TPSA) is 12.0 Å². The number of hydrogen-bond donors (Lipinski definition) is 1. The Balaban J connectivity index is 2.34. The monoisotopic (exact) mass is 301 g/mol. The highest BCUT2D eigenvalue weighted by Crippen LogP contribution is 2.25. The molecule has 2 heteroatoms. The normalized spacial score (nSPS) is 12.6. The molecule has 0 spiro atoms. The van der Waals surface area contributed by atoms with Gasteiger partial charge in [0.05, 0.1) is 6.04 Å². The summed E-state index contributed by atoms with van der Waals surface area (Å²) in [6, 6.07) is 17.2. The predicted octanol–water partition coefficient (Wildman–Crippen LogP) is 5.24. The van der Waals surface area contributed by atoms with Gasteiger partial charge in [-0.1, -0.05) is 68.8 Å². The summed E-state index contributed by atoms with van der Waals surface area (Å²) in [6.07, 6.45) is 1.11. The van der Waals surface area contributed by atoms with Crippen molar-refractivity contribution >= 4 is 11.6 Å². The van der Waals surface area contributed by atoms with Gasteiger partial charge < -0.3 is 5.32 Å². The quantitative estimate of drug-likeness (QED) is 0.769. The van der Waals surface area contributed by atoms with E-state index in [0.717, 1.165) is 18.0 Å². The molecule has 0 fully saturated rings. The molecule has 0 aliphatic rings. The van der Waals surface area contributed by atoms with Crippen LogP contribution in [0.25, 0.3) is 0 Å². The van der Waals surface area contributed by atoms with Crippen molar-refractivity contribution < 1.29 is 0 Å². The second-order valence-electron chi connectivity index (χ2n) is 5.89. The summed E-state index contributed by atoms with van der Waals surface area (Å²) in [5, 5.41) is 4.35. The first-order valence-electron chi connectivity index (χ1n) is 7.67. The van der Waals surface area contributed by atoms with Crippen LogP contribution in [0.3, 0.4) is 0 Å². The summed E-state index contributed by atoms with van der Waals surface area (Å²) < 4.78 is 0. The molecule has 0 bridgehead atoms. The van der Waals surface area contributed by atoms with Gasteiger partial charge in [-0.15, -0.1) is 0 Å². The van der Waals surface area contributed by atoms with Crippen LogP contribution in [0.2, 0.25) is 5.02 Å². The maximum Gasteiger partial charge on any atom is 0.0577 e. The van der Waals surface area contributed by atoms with Gasteiger partial charge in [-0.2, -0.15) is 0 Å². The third kappa shape index (κ3) is 4.59. The van der Waals surface area contributed by atoms with E-state index in [2.05, 4.69) is 56.4 Å². The van der Waals surface area contributed by atoms with Crippen LogP contribution in [0.4, 0.5) is 0 Å². The van der Waals surface area contributed by atoms with Crippen molar-refractivity contribution in [3.05, 3.63) is 70.2 Å². The third-order valence-electron chi connectivity index (χ3n) is 3.52. The number of nitrogens with one attached hydrogen (secondary N) is 1. The molecule has 1 unspecified atom stereocenters. The summed E-state index contributed by atoms with van der Waals surface area (Å²) in [7, 11) is 0. The van der Waals surface area contributed by atoms with Gasteiger partial charge in [0, 0.05) is 5.02 Å². The molecule has 0 saturated carbocycles. The molecule has 0 aliphatic heterocycles. The Morgan fingerprint density at radius 2 is 1.67 bits per heavy atom. The van der Waals surface area contributed by atoms with Crippen molar-refractivity contribution in [3.8, 4) is 0 Å². The summed E-state index contributed by atoms with van der Waals surface area (Å²) in [5.41, 5.74) is 3.91. The highest BCUT2D eigenvalue weighted by molar-refractivity contribution is 6.30. The molecule has 1 N–H and O–H groups in total. The second-order valence-corrected chi connectivity index (χ2v) is 6.33. The fourth-order valence-electron chi connectivity index (χ4n) is 2.69. The van der Waals surface area contributed by atoms with Crippen LogP contribution < -0.4 is 5.32 Å². The van der Waals surface area contributed by atoms with Crippen LogP contribution in [0.1, 0.15) is 43.5 Å². The van der Waals surface area contributed by atoms with Crippen molar-refractivity contribution in [1.82, 2.24) is 5.32 Å². The van der Waals surface area contributed by atoms with Crippen LogP contribution in [-0.4, -0.2) is 6.54 Å². The smallest absolute Gasteiger partial charge is 0.0577 e. The van der Waals surface area contributed by atoms with Crippen LogP contribution in [0, 0.1) is 5.92 Å². The van der Waals surface area contributed by atoms with E-state index in [4.69, 9.17) is 11.6 Å². The van der Waals surface area contributed by atoms with E-state index in [0.29, 0.717) is 5.92 Å². The van der Waals surface area contributed by atoms with Gasteiger partial charge in [0.1, 0.15) is 0 Å². The Morgan fingerprint density at radius 1 is 1.00 bits per heavy atom. The Morgan fingerprint density at radius 3 is 2.29 bits per heavy atom.